The third-order valence-electron chi connectivity index (χ3n) is 11.7. The predicted molar refractivity (Wildman–Crippen MR) is 125 cm³/mol. The monoisotopic (exact) mass is 461 g/mol. The third kappa shape index (κ3) is 2.62. The van der Waals surface area contributed by atoms with Crippen LogP contribution in [0.2, 0.25) is 0 Å². The van der Waals surface area contributed by atoms with Crippen molar-refractivity contribution in [1.82, 2.24) is 0 Å². The van der Waals surface area contributed by atoms with E-state index in [9.17, 15) is 9.59 Å². The second kappa shape index (κ2) is 6.59. The van der Waals surface area contributed by atoms with E-state index in [0.29, 0.717) is 40.7 Å². The summed E-state index contributed by atoms with van der Waals surface area (Å²) in [4.78, 5) is 39.6. The van der Waals surface area contributed by atoms with Gasteiger partial charge >= 0.3 is 11.9 Å². The van der Waals surface area contributed by atoms with E-state index in [1.165, 1.54) is 43.8 Å². The molecule has 8 saturated carbocycles. The highest BCUT2D eigenvalue weighted by molar-refractivity contribution is 5.81. The Morgan fingerprint density at radius 3 is 1.97 bits per heavy atom. The minimum absolute atomic E-state index is 0.172. The number of para-hydroxylation sites is 1. The summed E-state index contributed by atoms with van der Waals surface area (Å²) < 4.78 is 0. The Morgan fingerprint density at radius 1 is 0.676 bits per heavy atom. The molecule has 0 amide bonds. The molecule has 8 fully saturated rings. The molecule has 8 aliphatic rings. The van der Waals surface area contributed by atoms with Crippen LogP contribution in [0.15, 0.2) is 30.3 Å². The molecule has 0 radical (unpaired) electrons. The molecule has 5 nitrogen and oxygen atoms in total. The van der Waals surface area contributed by atoms with Gasteiger partial charge < -0.3 is 9.68 Å². The minimum atomic E-state index is -0.394. The number of carbonyl (C=O) groups excluding carboxylic acids is 2. The molecule has 8 aliphatic carbocycles. The van der Waals surface area contributed by atoms with E-state index in [1.807, 2.05) is 30.3 Å². The van der Waals surface area contributed by atoms with Crippen LogP contribution in [0, 0.1) is 51.8 Å². The zero-order valence-electron chi connectivity index (χ0n) is 19.9. The van der Waals surface area contributed by atoms with Gasteiger partial charge in [-0.25, -0.2) is 9.59 Å². The van der Waals surface area contributed by atoms with Gasteiger partial charge in [-0.3, -0.25) is 0 Å². The van der Waals surface area contributed by atoms with E-state index in [1.54, 1.807) is 0 Å². The van der Waals surface area contributed by atoms with Gasteiger partial charge in [0.25, 0.3) is 0 Å². The Kier molecular flexibility index (Phi) is 3.91. The molecule has 5 unspecified atom stereocenters. The van der Waals surface area contributed by atoms with E-state index >= 15 is 0 Å². The van der Waals surface area contributed by atoms with Crippen molar-refractivity contribution < 1.29 is 19.3 Å². The first-order chi connectivity index (χ1) is 16.5. The van der Waals surface area contributed by atoms with Crippen molar-refractivity contribution in [2.24, 2.45) is 51.8 Å². The van der Waals surface area contributed by atoms with Gasteiger partial charge in [0.15, 0.2) is 0 Å². The molecule has 0 N–H and O–H groups in total. The summed E-state index contributed by atoms with van der Waals surface area (Å²) in [6.45, 7) is 0. The van der Waals surface area contributed by atoms with Crippen molar-refractivity contribution >= 4 is 17.6 Å². The first-order valence-electron chi connectivity index (χ1n) is 13.8. The van der Waals surface area contributed by atoms with E-state index in [2.05, 4.69) is 0 Å². The SMILES string of the molecule is O=C(ON(OC(=O)C12CC3CC4CC(C1)C4(C3)C2)c1ccccc1)C12CC3CC(CC(C3)C1)C2. The van der Waals surface area contributed by atoms with Crippen LogP contribution in [0.25, 0.3) is 0 Å². The molecule has 0 aromatic heterocycles. The molecular formula is C29H35NO4. The maximum Gasteiger partial charge on any atom is 0.342 e. The van der Waals surface area contributed by atoms with Crippen molar-refractivity contribution in [1.29, 1.82) is 0 Å². The van der Waals surface area contributed by atoms with Crippen molar-refractivity contribution in [2.75, 3.05) is 5.23 Å². The number of hydrogen-bond acceptors (Lipinski definition) is 5. The Labute approximate surface area is 201 Å². The van der Waals surface area contributed by atoms with Crippen LogP contribution in [0.3, 0.4) is 0 Å². The zero-order valence-corrected chi connectivity index (χ0v) is 19.9. The predicted octanol–water partition coefficient (Wildman–Crippen LogP) is 5.84. The molecule has 5 atom stereocenters. The summed E-state index contributed by atoms with van der Waals surface area (Å²) in [6.07, 6.45) is 13.5. The average molecular weight is 462 g/mol. The van der Waals surface area contributed by atoms with Gasteiger partial charge in [-0.1, -0.05) is 18.2 Å². The molecule has 1 aromatic carbocycles. The lowest BCUT2D eigenvalue weighted by Gasteiger charge is -2.55. The zero-order chi connectivity index (χ0) is 22.7. The Hall–Kier alpha value is -2.04. The third-order valence-corrected chi connectivity index (χ3v) is 11.7. The molecule has 5 heteroatoms. The molecule has 0 aliphatic heterocycles. The molecule has 0 saturated heterocycles. The smallest absolute Gasteiger partial charge is 0.305 e. The molecule has 9 rings (SSSR count). The van der Waals surface area contributed by atoms with E-state index < -0.39 is 5.41 Å². The van der Waals surface area contributed by atoms with Crippen LogP contribution in [0.4, 0.5) is 5.69 Å². The molecule has 180 valence electrons. The van der Waals surface area contributed by atoms with Crippen LogP contribution < -0.4 is 5.23 Å². The second-order valence-corrected chi connectivity index (χ2v) is 13.6. The number of rotatable bonds is 5. The molecule has 0 heterocycles. The topological polar surface area (TPSA) is 55.8 Å². The second-order valence-electron chi connectivity index (χ2n) is 13.6. The quantitative estimate of drug-likeness (QED) is 0.516. The van der Waals surface area contributed by atoms with Crippen molar-refractivity contribution in [3.8, 4) is 0 Å². The maximum atomic E-state index is 13.8. The van der Waals surface area contributed by atoms with Gasteiger partial charge in [0.05, 0.1) is 10.8 Å². The number of nitrogens with zero attached hydrogens (tertiary/aromatic N) is 1. The lowest BCUT2D eigenvalue weighted by Crippen LogP contribution is -2.52. The number of benzene rings is 1. The molecule has 7 bridgehead atoms. The fourth-order valence-corrected chi connectivity index (χ4v) is 11.0. The Morgan fingerprint density at radius 2 is 1.29 bits per heavy atom. The standard InChI is InChI=1S/C29H35NO4/c31-25(27-11-18-6-19(12-27)8-20(7-18)13-27)33-30(24-4-2-1-3-5-24)34-26(32)28-14-21-9-22-10-23(16-28)29(22,15-21)17-28/h1-5,18-23H,6-17H2. The summed E-state index contributed by atoms with van der Waals surface area (Å²) >= 11 is 0. The van der Waals surface area contributed by atoms with Gasteiger partial charge in [0, 0.05) is 0 Å². The van der Waals surface area contributed by atoms with Crippen LogP contribution in [0.1, 0.15) is 77.0 Å². The van der Waals surface area contributed by atoms with Crippen LogP contribution >= 0.6 is 0 Å². The van der Waals surface area contributed by atoms with Crippen molar-refractivity contribution in [3.05, 3.63) is 30.3 Å². The van der Waals surface area contributed by atoms with Gasteiger partial charge in [-0.2, -0.15) is 0 Å². The van der Waals surface area contributed by atoms with Crippen LogP contribution in [0.5, 0.6) is 0 Å². The number of anilines is 1. The summed E-state index contributed by atoms with van der Waals surface area (Å²) in [5.41, 5.74) is 0.241. The minimum Gasteiger partial charge on any atom is -0.305 e. The van der Waals surface area contributed by atoms with E-state index in [4.69, 9.17) is 9.68 Å². The summed E-state index contributed by atoms with van der Waals surface area (Å²) in [5.74, 6) is 3.80. The first kappa shape index (κ1) is 20.2. The normalized spacial score (nSPS) is 48.4. The number of hydrogen-bond donors (Lipinski definition) is 0. The highest BCUT2D eigenvalue weighted by atomic mass is 17.0. The molecule has 34 heavy (non-hydrogen) atoms. The van der Waals surface area contributed by atoms with Gasteiger partial charge in [0.1, 0.15) is 5.69 Å². The van der Waals surface area contributed by atoms with Crippen LogP contribution in [-0.2, 0) is 19.3 Å². The molecular weight excluding hydrogens is 426 g/mol. The van der Waals surface area contributed by atoms with E-state index in [0.717, 1.165) is 44.4 Å². The lowest BCUT2D eigenvalue weighted by atomic mass is 9.49. The highest BCUT2D eigenvalue weighted by Gasteiger charge is 2.73. The van der Waals surface area contributed by atoms with Gasteiger partial charge in [0.2, 0.25) is 0 Å². The Bertz CT molecular complexity index is 1010. The fourth-order valence-electron chi connectivity index (χ4n) is 11.0. The lowest BCUT2D eigenvalue weighted by molar-refractivity contribution is -0.197. The van der Waals surface area contributed by atoms with Gasteiger partial charge in [-0.15, -0.1) is 0 Å². The Balaban J connectivity index is 1.06. The van der Waals surface area contributed by atoms with Crippen molar-refractivity contribution in [3.63, 3.8) is 0 Å². The highest BCUT2D eigenvalue weighted by Crippen LogP contribution is 2.79. The largest absolute Gasteiger partial charge is 0.342 e. The fraction of sp³-hybridized carbons (Fsp3) is 0.724. The molecule has 1 spiro atoms. The summed E-state index contributed by atoms with van der Waals surface area (Å²) in [6, 6.07) is 9.43. The first-order valence-corrected chi connectivity index (χ1v) is 13.8. The summed E-state index contributed by atoms with van der Waals surface area (Å²) in [5, 5.41) is 1.18. The van der Waals surface area contributed by atoms with Gasteiger partial charge in [-0.05, 0) is 135 Å². The van der Waals surface area contributed by atoms with Crippen LogP contribution in [-0.4, -0.2) is 11.9 Å². The summed E-state index contributed by atoms with van der Waals surface area (Å²) in [7, 11) is 0. The number of carbonyl (C=O) groups is 2. The number of fused-ring (bicyclic) bond motifs is 2. The average Bonchev–Trinajstić information content (AvgIpc) is 3.13. The maximum absolute atomic E-state index is 13.8. The molecule has 1 aromatic rings. The van der Waals surface area contributed by atoms with E-state index in [-0.39, 0.29) is 17.4 Å². The van der Waals surface area contributed by atoms with Crippen molar-refractivity contribution in [2.45, 2.75) is 77.0 Å².